The molecule has 0 radical (unpaired) electrons. The second-order valence-electron chi connectivity index (χ2n) is 7.35. The minimum Gasteiger partial charge on any atom is -0.444 e. The first kappa shape index (κ1) is 19.7. The van der Waals surface area contributed by atoms with Crippen LogP contribution in [0.2, 0.25) is 0 Å². The van der Waals surface area contributed by atoms with Crippen molar-refractivity contribution in [2.24, 2.45) is 0 Å². The SMILES string of the molecule is CCc1cc(NC(=O)OC(C)(C)C)nc(NC(=O)OC(C)(C)C)c1. The third kappa shape index (κ3) is 7.80. The van der Waals surface area contributed by atoms with Crippen LogP contribution in [0.1, 0.15) is 54.0 Å². The Bertz CT molecular complexity index is 553. The molecule has 0 aromatic carbocycles. The lowest BCUT2D eigenvalue weighted by Gasteiger charge is -2.20. The zero-order valence-corrected chi connectivity index (χ0v) is 15.4. The molecular formula is C17H27N3O4. The van der Waals surface area contributed by atoms with Gasteiger partial charge in [0.05, 0.1) is 0 Å². The molecule has 1 aromatic heterocycles. The molecule has 0 aliphatic heterocycles. The molecule has 7 nitrogen and oxygen atoms in total. The number of carbonyl (C=O) groups excluding carboxylic acids is 2. The van der Waals surface area contributed by atoms with E-state index in [1.165, 1.54) is 0 Å². The first-order valence-corrected chi connectivity index (χ1v) is 7.89. The van der Waals surface area contributed by atoms with Crippen LogP contribution in [0.15, 0.2) is 12.1 Å². The van der Waals surface area contributed by atoms with Crippen molar-refractivity contribution in [1.82, 2.24) is 4.98 Å². The quantitative estimate of drug-likeness (QED) is 0.856. The van der Waals surface area contributed by atoms with Crippen LogP contribution in [0.3, 0.4) is 0 Å². The fraction of sp³-hybridized carbons (Fsp3) is 0.588. The van der Waals surface area contributed by atoms with E-state index in [1.807, 2.05) is 6.92 Å². The Balaban J connectivity index is 2.88. The summed E-state index contributed by atoms with van der Waals surface area (Å²) in [6.07, 6.45) is -0.493. The number of pyridine rings is 1. The third-order valence-electron chi connectivity index (χ3n) is 2.55. The molecule has 2 N–H and O–H groups in total. The van der Waals surface area contributed by atoms with E-state index in [2.05, 4.69) is 15.6 Å². The summed E-state index contributed by atoms with van der Waals surface area (Å²) >= 11 is 0. The number of nitrogens with one attached hydrogen (secondary N) is 2. The Morgan fingerprint density at radius 1 is 0.917 bits per heavy atom. The van der Waals surface area contributed by atoms with Gasteiger partial charge in [-0.2, -0.15) is 0 Å². The van der Waals surface area contributed by atoms with Gasteiger partial charge in [-0.1, -0.05) is 6.92 Å². The van der Waals surface area contributed by atoms with Gasteiger partial charge in [0, 0.05) is 0 Å². The highest BCUT2D eigenvalue weighted by Gasteiger charge is 2.19. The molecule has 134 valence electrons. The molecule has 7 heteroatoms. The number of hydrogen-bond donors (Lipinski definition) is 2. The van der Waals surface area contributed by atoms with Crippen LogP contribution in [-0.4, -0.2) is 28.4 Å². The number of nitrogens with zero attached hydrogens (tertiary/aromatic N) is 1. The number of rotatable bonds is 3. The van der Waals surface area contributed by atoms with Gasteiger partial charge in [-0.15, -0.1) is 0 Å². The summed E-state index contributed by atoms with van der Waals surface area (Å²) in [5.74, 6) is 0.601. The Hall–Kier alpha value is -2.31. The van der Waals surface area contributed by atoms with Crippen LogP contribution >= 0.6 is 0 Å². The molecule has 1 heterocycles. The van der Waals surface area contributed by atoms with Crippen molar-refractivity contribution in [1.29, 1.82) is 0 Å². The fourth-order valence-corrected chi connectivity index (χ4v) is 1.74. The molecule has 1 rings (SSSR count). The van der Waals surface area contributed by atoms with Crippen molar-refractivity contribution in [2.45, 2.75) is 66.1 Å². The molecular weight excluding hydrogens is 310 g/mol. The van der Waals surface area contributed by atoms with Gasteiger partial charge in [-0.05, 0) is 65.7 Å². The molecule has 0 fully saturated rings. The van der Waals surface area contributed by atoms with Crippen LogP contribution in [0.25, 0.3) is 0 Å². The second kappa shape index (κ2) is 7.51. The summed E-state index contributed by atoms with van der Waals surface area (Å²) in [7, 11) is 0. The van der Waals surface area contributed by atoms with E-state index in [1.54, 1.807) is 53.7 Å². The standard InChI is InChI=1S/C17H27N3O4/c1-8-11-9-12(19-14(21)23-16(2,3)4)18-13(10-11)20-15(22)24-17(5,6)7/h9-10H,8H2,1-7H3,(H2,18,19,20,21,22). The van der Waals surface area contributed by atoms with Crippen LogP contribution in [0, 0.1) is 0 Å². The summed E-state index contributed by atoms with van der Waals surface area (Å²) in [6, 6.07) is 3.45. The van der Waals surface area contributed by atoms with Gasteiger partial charge in [0.15, 0.2) is 0 Å². The van der Waals surface area contributed by atoms with Gasteiger partial charge in [0.1, 0.15) is 22.8 Å². The average Bonchev–Trinajstić information content (AvgIpc) is 2.33. The van der Waals surface area contributed by atoms with Crippen molar-refractivity contribution in [2.75, 3.05) is 10.6 Å². The highest BCUT2D eigenvalue weighted by atomic mass is 16.6. The Morgan fingerprint density at radius 3 is 1.58 bits per heavy atom. The normalized spacial score (nSPS) is 11.6. The summed E-state index contributed by atoms with van der Waals surface area (Å²) < 4.78 is 10.4. The van der Waals surface area contributed by atoms with Crippen molar-refractivity contribution >= 4 is 23.8 Å². The number of aromatic nitrogens is 1. The number of amides is 2. The van der Waals surface area contributed by atoms with Crippen molar-refractivity contribution < 1.29 is 19.1 Å². The first-order chi connectivity index (χ1) is 10.9. The van der Waals surface area contributed by atoms with E-state index in [-0.39, 0.29) is 0 Å². The Morgan fingerprint density at radius 2 is 1.29 bits per heavy atom. The average molecular weight is 337 g/mol. The molecule has 0 aliphatic rings. The lowest BCUT2D eigenvalue weighted by atomic mass is 10.2. The monoisotopic (exact) mass is 337 g/mol. The maximum absolute atomic E-state index is 11.9. The number of aryl methyl sites for hydroxylation is 1. The highest BCUT2D eigenvalue weighted by Crippen LogP contribution is 2.17. The molecule has 0 bridgehead atoms. The number of hydrogen-bond acceptors (Lipinski definition) is 5. The molecule has 24 heavy (non-hydrogen) atoms. The van der Waals surface area contributed by atoms with Crippen molar-refractivity contribution in [3.8, 4) is 0 Å². The minimum absolute atomic E-state index is 0.301. The highest BCUT2D eigenvalue weighted by molar-refractivity contribution is 5.86. The molecule has 0 saturated carbocycles. The summed E-state index contributed by atoms with van der Waals surface area (Å²) in [5, 5.41) is 5.14. The minimum atomic E-state index is -0.607. The molecule has 0 aliphatic carbocycles. The number of anilines is 2. The van der Waals surface area contributed by atoms with Crippen LogP contribution in [-0.2, 0) is 15.9 Å². The second-order valence-corrected chi connectivity index (χ2v) is 7.35. The van der Waals surface area contributed by atoms with E-state index < -0.39 is 23.4 Å². The summed E-state index contributed by atoms with van der Waals surface area (Å²) in [6.45, 7) is 12.6. The molecule has 0 spiro atoms. The summed E-state index contributed by atoms with van der Waals surface area (Å²) in [4.78, 5) is 27.9. The van der Waals surface area contributed by atoms with E-state index in [9.17, 15) is 9.59 Å². The van der Waals surface area contributed by atoms with E-state index in [0.29, 0.717) is 18.1 Å². The number of carbonyl (C=O) groups is 2. The maximum Gasteiger partial charge on any atom is 0.413 e. The molecule has 0 unspecified atom stereocenters. The zero-order chi connectivity index (χ0) is 18.5. The van der Waals surface area contributed by atoms with Crippen LogP contribution < -0.4 is 10.6 Å². The maximum atomic E-state index is 11.9. The number of ether oxygens (including phenoxy) is 2. The first-order valence-electron chi connectivity index (χ1n) is 7.89. The molecule has 0 atom stereocenters. The molecule has 1 aromatic rings. The summed E-state index contributed by atoms with van der Waals surface area (Å²) in [5.41, 5.74) is -0.309. The van der Waals surface area contributed by atoms with Gasteiger partial charge in [0.25, 0.3) is 0 Å². The van der Waals surface area contributed by atoms with Crippen molar-refractivity contribution in [3.63, 3.8) is 0 Å². The van der Waals surface area contributed by atoms with Gasteiger partial charge >= 0.3 is 12.2 Å². The largest absolute Gasteiger partial charge is 0.444 e. The van der Waals surface area contributed by atoms with Crippen LogP contribution in [0.4, 0.5) is 21.2 Å². The Kier molecular flexibility index (Phi) is 6.17. The fourth-order valence-electron chi connectivity index (χ4n) is 1.74. The predicted octanol–water partition coefficient (Wildman–Crippen LogP) is 4.34. The molecule has 0 saturated heterocycles. The third-order valence-corrected chi connectivity index (χ3v) is 2.55. The molecule has 2 amide bonds. The van der Waals surface area contributed by atoms with E-state index in [4.69, 9.17) is 9.47 Å². The van der Waals surface area contributed by atoms with Crippen molar-refractivity contribution in [3.05, 3.63) is 17.7 Å². The smallest absolute Gasteiger partial charge is 0.413 e. The van der Waals surface area contributed by atoms with Crippen LogP contribution in [0.5, 0.6) is 0 Å². The lowest BCUT2D eigenvalue weighted by Crippen LogP contribution is -2.28. The van der Waals surface area contributed by atoms with Gasteiger partial charge < -0.3 is 9.47 Å². The zero-order valence-electron chi connectivity index (χ0n) is 15.4. The van der Waals surface area contributed by atoms with Gasteiger partial charge in [-0.25, -0.2) is 14.6 Å². The lowest BCUT2D eigenvalue weighted by molar-refractivity contribution is 0.0625. The van der Waals surface area contributed by atoms with Gasteiger partial charge in [0.2, 0.25) is 0 Å². The van der Waals surface area contributed by atoms with E-state index >= 15 is 0 Å². The van der Waals surface area contributed by atoms with Gasteiger partial charge in [-0.3, -0.25) is 10.6 Å². The predicted molar refractivity (Wildman–Crippen MR) is 93.3 cm³/mol. The van der Waals surface area contributed by atoms with E-state index in [0.717, 1.165) is 5.56 Å². The Labute approximate surface area is 143 Å². The topological polar surface area (TPSA) is 89.5 Å².